The monoisotopic (exact) mass is 368 g/mol. The summed E-state index contributed by atoms with van der Waals surface area (Å²) in [5, 5.41) is 0. The third kappa shape index (κ3) is 4.87. The molecule has 0 fully saturated rings. The van der Waals surface area contributed by atoms with Crippen molar-refractivity contribution in [3.63, 3.8) is 0 Å². The average Bonchev–Trinajstić information content (AvgIpc) is 2.60. The highest BCUT2D eigenvalue weighted by Crippen LogP contribution is 2.29. The van der Waals surface area contributed by atoms with E-state index in [4.69, 9.17) is 0 Å². The van der Waals surface area contributed by atoms with Gasteiger partial charge in [-0.2, -0.15) is 13.2 Å². The second-order valence-corrected chi connectivity index (χ2v) is 5.76. The molecule has 0 aliphatic rings. The number of halogens is 3. The first kappa shape index (κ1) is 19.6. The SMILES string of the molecule is COC(=O)Cc1c(C)ccn(NCCc2cccc(C(F)(F)F)c2)c1=O. The Labute approximate surface area is 148 Å². The van der Waals surface area contributed by atoms with Crippen LogP contribution in [0, 0.1) is 6.92 Å². The molecule has 1 N–H and O–H groups in total. The van der Waals surface area contributed by atoms with Gasteiger partial charge in [0.15, 0.2) is 0 Å². The maximum Gasteiger partial charge on any atom is 0.416 e. The number of rotatable bonds is 6. The number of carbonyl (C=O) groups is 1. The number of esters is 1. The molecule has 5 nitrogen and oxygen atoms in total. The zero-order valence-corrected chi connectivity index (χ0v) is 14.4. The van der Waals surface area contributed by atoms with Crippen LogP contribution in [0.15, 0.2) is 41.3 Å². The third-order valence-electron chi connectivity index (χ3n) is 3.93. The van der Waals surface area contributed by atoms with Crippen molar-refractivity contribution in [2.75, 3.05) is 19.1 Å². The van der Waals surface area contributed by atoms with Gasteiger partial charge in [-0.15, -0.1) is 0 Å². The van der Waals surface area contributed by atoms with E-state index in [1.54, 1.807) is 19.1 Å². The Kier molecular flexibility index (Phi) is 6.07. The summed E-state index contributed by atoms with van der Waals surface area (Å²) in [5.41, 5.74) is 3.23. The number of nitrogens with one attached hydrogen (secondary N) is 1. The number of aromatic nitrogens is 1. The van der Waals surface area contributed by atoms with E-state index in [2.05, 4.69) is 10.2 Å². The highest BCUT2D eigenvalue weighted by Gasteiger charge is 2.30. The lowest BCUT2D eigenvalue weighted by molar-refractivity contribution is -0.140. The molecule has 0 unspecified atom stereocenters. The summed E-state index contributed by atoms with van der Waals surface area (Å²) in [6.07, 6.45) is -2.71. The van der Waals surface area contributed by atoms with Crippen molar-refractivity contribution in [3.8, 4) is 0 Å². The second-order valence-electron chi connectivity index (χ2n) is 5.76. The lowest BCUT2D eigenvalue weighted by Gasteiger charge is -2.13. The van der Waals surface area contributed by atoms with Crippen molar-refractivity contribution in [3.05, 3.63) is 69.1 Å². The van der Waals surface area contributed by atoms with Crippen LogP contribution < -0.4 is 11.0 Å². The first-order chi connectivity index (χ1) is 12.2. The molecule has 140 valence electrons. The van der Waals surface area contributed by atoms with E-state index in [9.17, 15) is 22.8 Å². The first-order valence-corrected chi connectivity index (χ1v) is 7.90. The van der Waals surface area contributed by atoms with Gasteiger partial charge >= 0.3 is 12.1 Å². The molecule has 0 spiro atoms. The summed E-state index contributed by atoms with van der Waals surface area (Å²) >= 11 is 0. The van der Waals surface area contributed by atoms with Crippen LogP contribution in [-0.4, -0.2) is 24.3 Å². The molecule has 1 heterocycles. The molecule has 0 radical (unpaired) electrons. The molecule has 0 amide bonds. The Hall–Kier alpha value is -2.77. The fraction of sp³-hybridized carbons (Fsp3) is 0.333. The molecule has 1 aromatic carbocycles. The number of hydrogen-bond donors (Lipinski definition) is 1. The second kappa shape index (κ2) is 8.07. The number of benzene rings is 1. The van der Waals surface area contributed by atoms with E-state index in [0.717, 1.165) is 12.1 Å². The van der Waals surface area contributed by atoms with Crippen LogP contribution >= 0.6 is 0 Å². The minimum atomic E-state index is -4.39. The van der Waals surface area contributed by atoms with Crippen molar-refractivity contribution in [1.29, 1.82) is 0 Å². The van der Waals surface area contributed by atoms with Crippen molar-refractivity contribution in [2.24, 2.45) is 0 Å². The number of hydrogen-bond acceptors (Lipinski definition) is 4. The standard InChI is InChI=1S/C18H19F3N2O3/c1-12-7-9-23(17(25)15(12)11-16(24)26-2)22-8-6-13-4-3-5-14(10-13)18(19,20)21/h3-5,7,9-10,22H,6,8,11H2,1-2H3. The summed E-state index contributed by atoms with van der Waals surface area (Å²) in [4.78, 5) is 23.8. The molecule has 26 heavy (non-hydrogen) atoms. The smallest absolute Gasteiger partial charge is 0.416 e. The van der Waals surface area contributed by atoms with Crippen LogP contribution in [0.2, 0.25) is 0 Å². The molecule has 0 aliphatic carbocycles. The van der Waals surface area contributed by atoms with Crippen LogP contribution in [-0.2, 0) is 28.5 Å². The number of nitrogens with zero attached hydrogens (tertiary/aromatic N) is 1. The van der Waals surface area contributed by atoms with E-state index in [1.807, 2.05) is 0 Å². The largest absolute Gasteiger partial charge is 0.469 e. The molecule has 2 aromatic rings. The quantitative estimate of drug-likeness (QED) is 0.797. The van der Waals surface area contributed by atoms with Gasteiger partial charge in [0.2, 0.25) is 0 Å². The lowest BCUT2D eigenvalue weighted by Crippen LogP contribution is -2.33. The molecule has 0 saturated carbocycles. The van der Waals surface area contributed by atoms with Gasteiger partial charge in [0.25, 0.3) is 5.56 Å². The number of alkyl halides is 3. The van der Waals surface area contributed by atoms with E-state index >= 15 is 0 Å². The Bertz CT molecular complexity index is 844. The lowest BCUT2D eigenvalue weighted by atomic mass is 10.1. The minimum Gasteiger partial charge on any atom is -0.469 e. The third-order valence-corrected chi connectivity index (χ3v) is 3.93. The predicted molar refractivity (Wildman–Crippen MR) is 90.5 cm³/mol. The number of methoxy groups -OCH3 is 1. The Morgan fingerprint density at radius 2 is 2.00 bits per heavy atom. The molecule has 0 aliphatic heterocycles. The van der Waals surface area contributed by atoms with Crippen molar-refractivity contribution in [1.82, 2.24) is 4.68 Å². The molecule has 8 heteroatoms. The fourth-order valence-corrected chi connectivity index (χ4v) is 2.45. The van der Waals surface area contributed by atoms with E-state index in [-0.39, 0.29) is 18.5 Å². The maximum absolute atomic E-state index is 12.7. The number of aryl methyl sites for hydroxylation is 1. The summed E-state index contributed by atoms with van der Waals surface area (Å²) in [7, 11) is 1.24. The van der Waals surface area contributed by atoms with Crippen molar-refractivity contribution in [2.45, 2.75) is 25.9 Å². The van der Waals surface area contributed by atoms with Gasteiger partial charge in [0.05, 0.1) is 19.1 Å². The summed E-state index contributed by atoms with van der Waals surface area (Å²) in [5.74, 6) is -0.521. The summed E-state index contributed by atoms with van der Waals surface area (Å²) < 4.78 is 44.0. The van der Waals surface area contributed by atoms with Crippen LogP contribution in [0.4, 0.5) is 13.2 Å². The highest BCUT2D eigenvalue weighted by molar-refractivity contribution is 5.72. The number of pyridine rings is 1. The molecular weight excluding hydrogens is 349 g/mol. The van der Waals surface area contributed by atoms with Crippen LogP contribution in [0.3, 0.4) is 0 Å². The van der Waals surface area contributed by atoms with Gasteiger partial charge in [-0.3, -0.25) is 9.59 Å². The Morgan fingerprint density at radius 1 is 1.27 bits per heavy atom. The molecule has 0 bridgehead atoms. The van der Waals surface area contributed by atoms with Crippen LogP contribution in [0.25, 0.3) is 0 Å². The topological polar surface area (TPSA) is 60.3 Å². The van der Waals surface area contributed by atoms with Crippen molar-refractivity contribution >= 4 is 5.97 Å². The molecular formula is C18H19F3N2O3. The van der Waals surface area contributed by atoms with E-state index in [0.29, 0.717) is 23.1 Å². The van der Waals surface area contributed by atoms with Crippen molar-refractivity contribution < 1.29 is 22.7 Å². The average molecular weight is 368 g/mol. The minimum absolute atomic E-state index is 0.142. The molecule has 0 saturated heterocycles. The van der Waals surface area contributed by atoms with Crippen LogP contribution in [0.1, 0.15) is 22.3 Å². The zero-order chi connectivity index (χ0) is 19.3. The first-order valence-electron chi connectivity index (χ1n) is 7.90. The molecule has 0 atom stereocenters. The Balaban J connectivity index is 2.08. The van der Waals surface area contributed by atoms with Gasteiger partial charge in [0, 0.05) is 18.3 Å². The molecule has 2 rings (SSSR count). The van der Waals surface area contributed by atoms with Gasteiger partial charge in [0.1, 0.15) is 0 Å². The normalized spacial score (nSPS) is 11.3. The van der Waals surface area contributed by atoms with E-state index < -0.39 is 17.7 Å². The summed E-state index contributed by atoms with van der Waals surface area (Å²) in [6.45, 7) is 1.97. The summed E-state index contributed by atoms with van der Waals surface area (Å²) in [6, 6.07) is 6.72. The molecule has 1 aromatic heterocycles. The van der Waals surface area contributed by atoms with Gasteiger partial charge in [-0.05, 0) is 36.6 Å². The predicted octanol–water partition coefficient (Wildman–Crippen LogP) is 2.68. The van der Waals surface area contributed by atoms with E-state index in [1.165, 1.54) is 24.0 Å². The maximum atomic E-state index is 12.7. The fourth-order valence-electron chi connectivity index (χ4n) is 2.45. The Morgan fingerprint density at radius 3 is 2.65 bits per heavy atom. The highest BCUT2D eigenvalue weighted by atomic mass is 19.4. The number of carbonyl (C=O) groups excluding carboxylic acids is 1. The van der Waals surface area contributed by atoms with Gasteiger partial charge < -0.3 is 10.2 Å². The van der Waals surface area contributed by atoms with Gasteiger partial charge in [-0.1, -0.05) is 18.2 Å². The van der Waals surface area contributed by atoms with Crippen LogP contribution in [0.5, 0.6) is 0 Å². The zero-order valence-electron chi connectivity index (χ0n) is 14.4. The number of ether oxygens (including phenoxy) is 1. The van der Waals surface area contributed by atoms with Gasteiger partial charge in [-0.25, -0.2) is 4.68 Å².